The van der Waals surface area contributed by atoms with Crippen molar-refractivity contribution in [2.24, 2.45) is 0 Å². The summed E-state index contributed by atoms with van der Waals surface area (Å²) in [5.74, 6) is -0.869. The minimum absolute atomic E-state index is 0.0294. The maximum atomic E-state index is 13.4. The van der Waals surface area contributed by atoms with E-state index in [1.165, 1.54) is 12.1 Å². The number of aromatic hydroxyl groups is 1. The van der Waals surface area contributed by atoms with Crippen LogP contribution in [0.2, 0.25) is 0 Å². The van der Waals surface area contributed by atoms with Gasteiger partial charge in [-0.2, -0.15) is 0 Å². The van der Waals surface area contributed by atoms with Crippen molar-refractivity contribution in [2.75, 3.05) is 5.32 Å². The molecule has 2 amide bonds. The standard InChI is InChI=1S/C30H22N2O3/c33-24-14-8-13-23(18-24)31-30(35)28(32-29(34)20-9-2-1-3-10-20)19-27-25-15-6-4-11-21(25)17-22-12-5-7-16-26(22)27/h1-19,33H,(H,31,35)(H,32,34). The highest BCUT2D eigenvalue weighted by atomic mass is 16.3. The molecule has 0 radical (unpaired) electrons. The summed E-state index contributed by atoms with van der Waals surface area (Å²) in [5.41, 5.74) is 1.76. The van der Waals surface area contributed by atoms with Crippen LogP contribution in [0.5, 0.6) is 5.75 Å². The van der Waals surface area contributed by atoms with E-state index in [0.717, 1.165) is 27.1 Å². The lowest BCUT2D eigenvalue weighted by molar-refractivity contribution is -0.113. The maximum absolute atomic E-state index is 13.4. The zero-order valence-electron chi connectivity index (χ0n) is 18.7. The fourth-order valence-electron chi connectivity index (χ4n) is 4.07. The average molecular weight is 459 g/mol. The van der Waals surface area contributed by atoms with Crippen LogP contribution in [0.4, 0.5) is 5.69 Å². The maximum Gasteiger partial charge on any atom is 0.272 e. The zero-order chi connectivity index (χ0) is 24.2. The van der Waals surface area contributed by atoms with Crippen molar-refractivity contribution in [2.45, 2.75) is 0 Å². The van der Waals surface area contributed by atoms with Gasteiger partial charge in [0.1, 0.15) is 11.4 Å². The molecule has 5 aromatic rings. The fourth-order valence-corrected chi connectivity index (χ4v) is 4.07. The summed E-state index contributed by atoms with van der Waals surface area (Å²) >= 11 is 0. The molecule has 0 aliphatic heterocycles. The number of fused-ring (bicyclic) bond motifs is 2. The van der Waals surface area contributed by atoms with Gasteiger partial charge in [0, 0.05) is 17.3 Å². The van der Waals surface area contributed by atoms with Gasteiger partial charge in [-0.1, -0.05) is 72.8 Å². The highest BCUT2D eigenvalue weighted by Gasteiger charge is 2.17. The number of phenols is 1. The Labute approximate surface area is 202 Å². The van der Waals surface area contributed by atoms with E-state index in [9.17, 15) is 14.7 Å². The Hall–Kier alpha value is -4.90. The molecule has 0 fully saturated rings. The number of nitrogens with one attached hydrogen (secondary N) is 2. The zero-order valence-corrected chi connectivity index (χ0v) is 18.7. The predicted octanol–water partition coefficient (Wildman–Crippen LogP) is 6.11. The average Bonchev–Trinajstić information content (AvgIpc) is 2.88. The monoisotopic (exact) mass is 458 g/mol. The number of phenolic OH excluding ortho intramolecular Hbond substituents is 1. The van der Waals surface area contributed by atoms with Gasteiger partial charge in [-0.15, -0.1) is 0 Å². The molecule has 3 N–H and O–H groups in total. The first-order chi connectivity index (χ1) is 17.1. The van der Waals surface area contributed by atoms with Gasteiger partial charge in [0.2, 0.25) is 0 Å². The van der Waals surface area contributed by atoms with Crippen molar-refractivity contribution < 1.29 is 14.7 Å². The van der Waals surface area contributed by atoms with E-state index in [2.05, 4.69) is 16.7 Å². The van der Waals surface area contributed by atoms with Crippen LogP contribution in [0.25, 0.3) is 27.6 Å². The summed E-state index contributed by atoms with van der Waals surface area (Å²) in [5, 5.41) is 19.3. The van der Waals surface area contributed by atoms with Gasteiger partial charge >= 0.3 is 0 Å². The predicted molar refractivity (Wildman–Crippen MR) is 140 cm³/mol. The number of carbonyl (C=O) groups is 2. The molecule has 0 spiro atoms. The summed E-state index contributed by atoms with van der Waals surface area (Å²) in [7, 11) is 0. The van der Waals surface area contributed by atoms with Gasteiger partial charge < -0.3 is 15.7 Å². The first-order valence-corrected chi connectivity index (χ1v) is 11.2. The third-order valence-electron chi connectivity index (χ3n) is 5.73. The number of amides is 2. The number of carbonyl (C=O) groups excluding carboxylic acids is 2. The van der Waals surface area contributed by atoms with Gasteiger partial charge in [-0.3, -0.25) is 9.59 Å². The molecule has 0 aliphatic rings. The highest BCUT2D eigenvalue weighted by Crippen LogP contribution is 2.30. The Morgan fingerprint density at radius 1 is 0.686 bits per heavy atom. The van der Waals surface area contributed by atoms with Gasteiger partial charge in [0.25, 0.3) is 11.8 Å². The third kappa shape index (κ3) is 4.75. The van der Waals surface area contributed by atoms with Gasteiger partial charge in [0.15, 0.2) is 0 Å². The van der Waals surface area contributed by atoms with Crippen LogP contribution in [0.15, 0.2) is 115 Å². The molecule has 0 saturated heterocycles. The summed E-state index contributed by atoms with van der Waals surface area (Å²) in [6.45, 7) is 0. The second-order valence-corrected chi connectivity index (χ2v) is 8.12. The highest BCUT2D eigenvalue weighted by molar-refractivity contribution is 6.14. The fraction of sp³-hybridized carbons (Fsp3) is 0. The smallest absolute Gasteiger partial charge is 0.272 e. The van der Waals surface area contributed by atoms with E-state index < -0.39 is 11.8 Å². The van der Waals surface area contributed by atoms with Crippen molar-refractivity contribution in [3.63, 3.8) is 0 Å². The number of rotatable bonds is 5. The first-order valence-electron chi connectivity index (χ1n) is 11.2. The second kappa shape index (κ2) is 9.53. The molecule has 0 atom stereocenters. The van der Waals surface area contributed by atoms with E-state index in [0.29, 0.717) is 11.3 Å². The van der Waals surface area contributed by atoms with Gasteiger partial charge in [-0.25, -0.2) is 0 Å². The topological polar surface area (TPSA) is 78.4 Å². The van der Waals surface area contributed by atoms with Crippen molar-refractivity contribution in [1.29, 1.82) is 0 Å². The van der Waals surface area contributed by atoms with E-state index >= 15 is 0 Å². The summed E-state index contributed by atoms with van der Waals surface area (Å²) < 4.78 is 0. The van der Waals surface area contributed by atoms with Crippen molar-refractivity contribution >= 4 is 45.1 Å². The Balaban J connectivity index is 1.64. The molecule has 5 nitrogen and oxygen atoms in total. The Morgan fingerprint density at radius 2 is 1.31 bits per heavy atom. The molecular formula is C30H22N2O3. The SMILES string of the molecule is O=C(Nc1cccc(O)c1)C(=Cc1c2ccccc2cc2ccccc12)NC(=O)c1ccccc1. The molecule has 0 unspecified atom stereocenters. The molecule has 5 aromatic carbocycles. The first kappa shape index (κ1) is 21.9. The Kier molecular flexibility index (Phi) is 5.97. The molecule has 170 valence electrons. The summed E-state index contributed by atoms with van der Waals surface area (Å²) in [6, 6.07) is 33.0. The van der Waals surface area contributed by atoms with E-state index in [-0.39, 0.29) is 11.4 Å². The number of hydrogen-bond donors (Lipinski definition) is 3. The number of benzene rings is 5. The van der Waals surface area contributed by atoms with E-state index in [1.54, 1.807) is 42.5 Å². The Morgan fingerprint density at radius 3 is 1.97 bits per heavy atom. The van der Waals surface area contributed by atoms with Crippen LogP contribution in [0, 0.1) is 0 Å². The lowest BCUT2D eigenvalue weighted by Gasteiger charge is -2.14. The molecule has 5 heteroatoms. The Bertz CT molecular complexity index is 1540. The lowest BCUT2D eigenvalue weighted by Crippen LogP contribution is -2.30. The van der Waals surface area contributed by atoms with E-state index in [4.69, 9.17) is 0 Å². The normalized spacial score (nSPS) is 11.4. The molecule has 0 bridgehead atoms. The molecular weight excluding hydrogens is 436 g/mol. The van der Waals surface area contributed by atoms with Crippen molar-refractivity contribution in [3.8, 4) is 5.75 Å². The minimum Gasteiger partial charge on any atom is -0.508 e. The van der Waals surface area contributed by atoms with Crippen LogP contribution in [0.1, 0.15) is 15.9 Å². The number of anilines is 1. The minimum atomic E-state index is -0.503. The van der Waals surface area contributed by atoms with Gasteiger partial charge in [-0.05, 0) is 63.5 Å². The summed E-state index contributed by atoms with van der Waals surface area (Å²) in [4.78, 5) is 26.4. The molecule has 0 heterocycles. The third-order valence-corrected chi connectivity index (χ3v) is 5.73. The van der Waals surface area contributed by atoms with Crippen LogP contribution >= 0.6 is 0 Å². The molecule has 5 rings (SSSR count). The second-order valence-electron chi connectivity index (χ2n) is 8.12. The molecule has 0 aliphatic carbocycles. The summed E-state index contributed by atoms with van der Waals surface area (Å²) in [6.07, 6.45) is 1.71. The van der Waals surface area contributed by atoms with Crippen molar-refractivity contribution in [3.05, 3.63) is 126 Å². The largest absolute Gasteiger partial charge is 0.508 e. The molecule has 0 saturated carbocycles. The van der Waals surface area contributed by atoms with Gasteiger partial charge in [0.05, 0.1) is 0 Å². The number of hydrogen-bond acceptors (Lipinski definition) is 3. The van der Waals surface area contributed by atoms with Crippen LogP contribution in [0.3, 0.4) is 0 Å². The van der Waals surface area contributed by atoms with E-state index in [1.807, 2.05) is 54.6 Å². The quantitative estimate of drug-likeness (QED) is 0.220. The molecule has 0 aromatic heterocycles. The van der Waals surface area contributed by atoms with Crippen LogP contribution in [-0.2, 0) is 4.79 Å². The van der Waals surface area contributed by atoms with Crippen molar-refractivity contribution in [1.82, 2.24) is 5.32 Å². The van der Waals surface area contributed by atoms with Crippen LogP contribution < -0.4 is 10.6 Å². The lowest BCUT2D eigenvalue weighted by atomic mass is 9.96. The van der Waals surface area contributed by atoms with Crippen LogP contribution in [-0.4, -0.2) is 16.9 Å². The molecule has 35 heavy (non-hydrogen) atoms.